The summed E-state index contributed by atoms with van der Waals surface area (Å²) in [4.78, 5) is 18.1. The van der Waals surface area contributed by atoms with Crippen LogP contribution in [0.1, 0.15) is 35.1 Å². The van der Waals surface area contributed by atoms with Crippen LogP contribution in [0, 0.1) is 0 Å². The molecule has 0 aliphatic carbocycles. The van der Waals surface area contributed by atoms with Gasteiger partial charge in [-0.3, -0.25) is 0 Å². The number of rotatable bonds is 4. The van der Waals surface area contributed by atoms with Crippen LogP contribution in [0.15, 0.2) is 0 Å². The number of piperidine rings is 1. The van der Waals surface area contributed by atoms with Crippen molar-refractivity contribution in [3.8, 4) is 0 Å². The largest absolute Gasteiger partial charge is 0.477 e. The molecule has 1 aromatic rings. The van der Waals surface area contributed by atoms with Gasteiger partial charge in [0.05, 0.1) is 11.8 Å². The summed E-state index contributed by atoms with van der Waals surface area (Å²) in [5, 5.41) is 9.94. The summed E-state index contributed by atoms with van der Waals surface area (Å²) < 4.78 is 5.37. The molecule has 0 spiro atoms. The second-order valence-electron chi connectivity index (χ2n) is 4.38. The maximum Gasteiger partial charge on any atom is 0.347 e. The number of hydrogen-bond acceptors (Lipinski definition) is 5. The van der Waals surface area contributed by atoms with Crippen molar-refractivity contribution in [1.82, 2.24) is 4.98 Å². The van der Waals surface area contributed by atoms with E-state index in [1.165, 1.54) is 11.3 Å². The average molecular weight is 270 g/mol. The maximum absolute atomic E-state index is 11.1. The molecular formula is C12H18N2O3S. The van der Waals surface area contributed by atoms with Crippen LogP contribution in [0.4, 0.5) is 5.13 Å². The van der Waals surface area contributed by atoms with E-state index in [2.05, 4.69) is 9.88 Å². The van der Waals surface area contributed by atoms with Crippen LogP contribution in [0.2, 0.25) is 0 Å². The van der Waals surface area contributed by atoms with Gasteiger partial charge in [0.15, 0.2) is 5.13 Å². The van der Waals surface area contributed by atoms with Crippen molar-refractivity contribution in [3.05, 3.63) is 10.6 Å². The molecule has 1 aliphatic rings. The van der Waals surface area contributed by atoms with E-state index in [1.54, 1.807) is 7.11 Å². The molecule has 0 aromatic carbocycles. The summed E-state index contributed by atoms with van der Waals surface area (Å²) in [6, 6.07) is 0. The summed E-state index contributed by atoms with van der Waals surface area (Å²) in [6.45, 7) is 3.65. The Morgan fingerprint density at radius 1 is 1.67 bits per heavy atom. The van der Waals surface area contributed by atoms with Gasteiger partial charge in [0.1, 0.15) is 4.88 Å². The Labute approximate surface area is 110 Å². The Morgan fingerprint density at radius 2 is 2.44 bits per heavy atom. The van der Waals surface area contributed by atoms with Crippen molar-refractivity contribution in [2.45, 2.75) is 32.3 Å². The molecule has 2 rings (SSSR count). The molecule has 0 saturated carbocycles. The third-order valence-electron chi connectivity index (χ3n) is 3.20. The van der Waals surface area contributed by atoms with Gasteiger partial charge in [0.25, 0.3) is 0 Å². The van der Waals surface area contributed by atoms with E-state index in [4.69, 9.17) is 9.84 Å². The molecule has 100 valence electrons. The summed E-state index contributed by atoms with van der Waals surface area (Å²) in [7, 11) is 1.72. The minimum Gasteiger partial charge on any atom is -0.477 e. The predicted octanol–water partition coefficient (Wildman–Crippen LogP) is 2.02. The molecular weight excluding hydrogens is 252 g/mol. The first-order chi connectivity index (χ1) is 8.65. The molecule has 1 unspecified atom stereocenters. The number of aryl methyl sites for hydroxylation is 1. The zero-order valence-corrected chi connectivity index (χ0v) is 11.5. The first-order valence-corrected chi connectivity index (χ1v) is 6.98. The van der Waals surface area contributed by atoms with Crippen molar-refractivity contribution in [2.75, 3.05) is 25.1 Å². The van der Waals surface area contributed by atoms with Crippen LogP contribution < -0.4 is 4.90 Å². The van der Waals surface area contributed by atoms with Crippen LogP contribution in [0.3, 0.4) is 0 Å². The number of aromatic carboxylic acids is 1. The minimum atomic E-state index is -0.879. The average Bonchev–Trinajstić information content (AvgIpc) is 2.83. The molecule has 1 atom stereocenters. The summed E-state index contributed by atoms with van der Waals surface area (Å²) in [5.41, 5.74) is 0.682. The Hall–Kier alpha value is -1.14. The van der Waals surface area contributed by atoms with E-state index in [-0.39, 0.29) is 6.10 Å². The number of carboxylic acids is 1. The topological polar surface area (TPSA) is 62.7 Å². The van der Waals surface area contributed by atoms with Gasteiger partial charge in [0.2, 0.25) is 0 Å². The van der Waals surface area contributed by atoms with Gasteiger partial charge in [-0.2, -0.15) is 0 Å². The van der Waals surface area contributed by atoms with Gasteiger partial charge in [-0.1, -0.05) is 18.3 Å². The number of carboxylic acid groups (broad SMARTS) is 1. The second kappa shape index (κ2) is 5.67. The molecule has 1 aliphatic heterocycles. The van der Waals surface area contributed by atoms with Crippen molar-refractivity contribution >= 4 is 22.4 Å². The van der Waals surface area contributed by atoms with Crippen LogP contribution in [0.25, 0.3) is 0 Å². The maximum atomic E-state index is 11.1. The lowest BCUT2D eigenvalue weighted by molar-refractivity contribution is 0.0700. The monoisotopic (exact) mass is 270 g/mol. The highest BCUT2D eigenvalue weighted by molar-refractivity contribution is 7.17. The zero-order chi connectivity index (χ0) is 13.1. The highest BCUT2D eigenvalue weighted by Crippen LogP contribution is 2.29. The van der Waals surface area contributed by atoms with Gasteiger partial charge in [-0.15, -0.1) is 0 Å². The van der Waals surface area contributed by atoms with E-state index in [1.807, 2.05) is 6.92 Å². The number of thiazole rings is 1. The highest BCUT2D eigenvalue weighted by atomic mass is 32.1. The number of methoxy groups -OCH3 is 1. The van der Waals surface area contributed by atoms with Crippen molar-refractivity contribution in [3.63, 3.8) is 0 Å². The lowest BCUT2D eigenvalue weighted by atomic mass is 10.1. The molecule has 1 fully saturated rings. The fourth-order valence-corrected chi connectivity index (χ4v) is 3.21. The smallest absolute Gasteiger partial charge is 0.347 e. The SMILES string of the molecule is CCc1nc(N2CCCC(OC)C2)sc1C(=O)O. The van der Waals surface area contributed by atoms with Crippen molar-refractivity contribution in [1.29, 1.82) is 0 Å². The van der Waals surface area contributed by atoms with E-state index >= 15 is 0 Å². The van der Waals surface area contributed by atoms with E-state index in [9.17, 15) is 4.79 Å². The molecule has 1 aromatic heterocycles. The highest BCUT2D eigenvalue weighted by Gasteiger charge is 2.24. The van der Waals surface area contributed by atoms with E-state index < -0.39 is 5.97 Å². The number of aromatic nitrogens is 1. The Morgan fingerprint density at radius 3 is 3.00 bits per heavy atom. The molecule has 0 amide bonds. The summed E-state index contributed by atoms with van der Waals surface area (Å²) in [6.07, 6.45) is 2.99. The van der Waals surface area contributed by atoms with Crippen LogP contribution >= 0.6 is 11.3 Å². The standard InChI is InChI=1S/C12H18N2O3S/c1-3-9-10(11(15)16)18-12(13-9)14-6-4-5-8(7-14)17-2/h8H,3-7H2,1-2H3,(H,15,16). The van der Waals surface area contributed by atoms with E-state index in [0.717, 1.165) is 31.1 Å². The third-order valence-corrected chi connectivity index (χ3v) is 4.34. The van der Waals surface area contributed by atoms with Gasteiger partial charge < -0.3 is 14.7 Å². The van der Waals surface area contributed by atoms with Crippen molar-refractivity contribution in [2.24, 2.45) is 0 Å². The van der Waals surface area contributed by atoms with Gasteiger partial charge in [-0.25, -0.2) is 9.78 Å². The Bertz CT molecular complexity index is 433. The molecule has 18 heavy (non-hydrogen) atoms. The number of carbonyl (C=O) groups is 1. The molecule has 5 nitrogen and oxygen atoms in total. The van der Waals surface area contributed by atoms with Gasteiger partial charge >= 0.3 is 5.97 Å². The normalized spacial score (nSPS) is 20.1. The number of hydrogen-bond donors (Lipinski definition) is 1. The third kappa shape index (κ3) is 2.64. The van der Waals surface area contributed by atoms with E-state index in [0.29, 0.717) is 17.0 Å². The molecule has 1 N–H and O–H groups in total. The lowest BCUT2D eigenvalue weighted by Gasteiger charge is -2.31. The molecule has 0 bridgehead atoms. The lowest BCUT2D eigenvalue weighted by Crippen LogP contribution is -2.39. The Kier molecular flexibility index (Phi) is 4.19. The molecule has 6 heteroatoms. The second-order valence-corrected chi connectivity index (χ2v) is 5.35. The number of nitrogens with zero attached hydrogens (tertiary/aromatic N) is 2. The van der Waals surface area contributed by atoms with Gasteiger partial charge in [0, 0.05) is 20.2 Å². The number of ether oxygens (including phenoxy) is 1. The van der Waals surface area contributed by atoms with Gasteiger partial charge in [-0.05, 0) is 19.3 Å². The first kappa shape index (κ1) is 13.3. The number of anilines is 1. The fraction of sp³-hybridized carbons (Fsp3) is 0.667. The fourth-order valence-electron chi connectivity index (χ4n) is 2.19. The van der Waals surface area contributed by atoms with Crippen molar-refractivity contribution < 1.29 is 14.6 Å². The minimum absolute atomic E-state index is 0.223. The Balaban J connectivity index is 2.20. The first-order valence-electron chi connectivity index (χ1n) is 6.16. The molecule has 2 heterocycles. The predicted molar refractivity (Wildman–Crippen MR) is 70.7 cm³/mol. The summed E-state index contributed by atoms with van der Waals surface area (Å²) >= 11 is 1.27. The molecule has 1 saturated heterocycles. The van der Waals surface area contributed by atoms with Crippen LogP contribution in [0.5, 0.6) is 0 Å². The molecule has 0 radical (unpaired) electrons. The summed E-state index contributed by atoms with van der Waals surface area (Å²) in [5.74, 6) is -0.879. The quantitative estimate of drug-likeness (QED) is 0.907. The van der Waals surface area contributed by atoms with Crippen LogP contribution in [-0.4, -0.2) is 42.4 Å². The van der Waals surface area contributed by atoms with Crippen LogP contribution in [-0.2, 0) is 11.2 Å². The zero-order valence-electron chi connectivity index (χ0n) is 10.7.